The molecule has 7 heteroatoms. The molecule has 134 valence electrons. The predicted octanol–water partition coefficient (Wildman–Crippen LogP) is 1.90. The highest BCUT2D eigenvalue weighted by molar-refractivity contribution is 5.58. The number of rotatable bonds is 4. The maximum atomic E-state index is 4.51. The first-order chi connectivity index (χ1) is 12.6. The molecule has 26 heavy (non-hydrogen) atoms. The molecule has 0 bridgehead atoms. The van der Waals surface area contributed by atoms with Crippen molar-refractivity contribution in [1.29, 1.82) is 0 Å². The normalized spacial score (nSPS) is 14.3. The van der Waals surface area contributed by atoms with Gasteiger partial charge in [0.1, 0.15) is 0 Å². The summed E-state index contributed by atoms with van der Waals surface area (Å²) < 4.78 is 2.16. The van der Waals surface area contributed by atoms with Gasteiger partial charge in [-0.3, -0.25) is 9.88 Å². The van der Waals surface area contributed by atoms with Gasteiger partial charge < -0.3 is 9.47 Å². The Balaban J connectivity index is 1.54. The van der Waals surface area contributed by atoms with Crippen LogP contribution in [0.15, 0.2) is 36.8 Å². The Morgan fingerprint density at radius 2 is 1.96 bits per heavy atom. The molecule has 0 radical (unpaired) electrons. The number of fused-ring (bicyclic) bond motifs is 1. The summed E-state index contributed by atoms with van der Waals surface area (Å²) in [5, 5.41) is 8.85. The Bertz CT molecular complexity index is 902. The van der Waals surface area contributed by atoms with E-state index in [4.69, 9.17) is 0 Å². The van der Waals surface area contributed by atoms with Crippen molar-refractivity contribution in [2.45, 2.75) is 19.5 Å². The Kier molecular flexibility index (Phi) is 4.38. The van der Waals surface area contributed by atoms with Crippen LogP contribution in [0.1, 0.15) is 17.0 Å². The lowest BCUT2D eigenvalue weighted by atomic mass is 10.0. The SMILES string of the molecule is CN(C)c1ncc(CN2CCc3nnc(-c4ccncc4)cc3C2)n1C. The van der Waals surface area contributed by atoms with E-state index in [-0.39, 0.29) is 0 Å². The summed E-state index contributed by atoms with van der Waals surface area (Å²) in [6.45, 7) is 2.74. The van der Waals surface area contributed by atoms with Crippen LogP contribution in [0.4, 0.5) is 5.95 Å². The van der Waals surface area contributed by atoms with Gasteiger partial charge in [0.25, 0.3) is 0 Å². The van der Waals surface area contributed by atoms with Crippen LogP contribution < -0.4 is 4.90 Å². The average molecular weight is 349 g/mol. The van der Waals surface area contributed by atoms with Crippen molar-refractivity contribution in [3.8, 4) is 11.3 Å². The lowest BCUT2D eigenvalue weighted by Gasteiger charge is -2.28. The van der Waals surface area contributed by atoms with Gasteiger partial charge in [0.05, 0.1) is 23.3 Å². The van der Waals surface area contributed by atoms with Gasteiger partial charge in [-0.2, -0.15) is 10.2 Å². The summed E-state index contributed by atoms with van der Waals surface area (Å²) >= 11 is 0. The van der Waals surface area contributed by atoms with Gasteiger partial charge in [-0.15, -0.1) is 0 Å². The molecule has 0 atom stereocenters. The van der Waals surface area contributed by atoms with Crippen LogP contribution in [-0.2, 0) is 26.6 Å². The highest BCUT2D eigenvalue weighted by Crippen LogP contribution is 2.23. The van der Waals surface area contributed by atoms with Crippen molar-refractivity contribution in [2.24, 2.45) is 7.05 Å². The zero-order chi connectivity index (χ0) is 18.1. The van der Waals surface area contributed by atoms with Gasteiger partial charge in [0.15, 0.2) is 0 Å². The third-order valence-corrected chi connectivity index (χ3v) is 4.84. The molecule has 0 aromatic carbocycles. The van der Waals surface area contributed by atoms with Crippen LogP contribution >= 0.6 is 0 Å². The smallest absolute Gasteiger partial charge is 0.204 e. The second kappa shape index (κ2) is 6.84. The van der Waals surface area contributed by atoms with E-state index >= 15 is 0 Å². The summed E-state index contributed by atoms with van der Waals surface area (Å²) in [5.74, 6) is 0.975. The first-order valence-corrected chi connectivity index (χ1v) is 8.78. The van der Waals surface area contributed by atoms with E-state index in [1.807, 2.05) is 37.3 Å². The molecule has 4 heterocycles. The van der Waals surface area contributed by atoms with Crippen molar-refractivity contribution in [3.63, 3.8) is 0 Å². The molecule has 3 aromatic rings. The molecule has 3 aromatic heterocycles. The number of aromatic nitrogens is 5. The van der Waals surface area contributed by atoms with E-state index < -0.39 is 0 Å². The van der Waals surface area contributed by atoms with E-state index in [2.05, 4.69) is 42.7 Å². The third kappa shape index (κ3) is 3.17. The van der Waals surface area contributed by atoms with Crippen LogP contribution in [0.2, 0.25) is 0 Å². The van der Waals surface area contributed by atoms with E-state index in [0.717, 1.165) is 49.0 Å². The predicted molar refractivity (Wildman–Crippen MR) is 101 cm³/mol. The Labute approximate surface area is 153 Å². The summed E-state index contributed by atoms with van der Waals surface area (Å²) in [7, 11) is 6.10. The maximum absolute atomic E-state index is 4.51. The van der Waals surface area contributed by atoms with Crippen LogP contribution in [0, 0.1) is 0 Å². The minimum atomic E-state index is 0.879. The molecule has 0 aliphatic carbocycles. The van der Waals surface area contributed by atoms with Crippen molar-refractivity contribution in [3.05, 3.63) is 53.7 Å². The molecule has 0 fully saturated rings. The molecule has 0 N–H and O–H groups in total. The van der Waals surface area contributed by atoms with Gasteiger partial charge in [-0.25, -0.2) is 4.98 Å². The van der Waals surface area contributed by atoms with Crippen molar-refractivity contribution in [1.82, 2.24) is 29.6 Å². The quantitative estimate of drug-likeness (QED) is 0.717. The van der Waals surface area contributed by atoms with E-state index in [1.54, 1.807) is 12.4 Å². The highest BCUT2D eigenvalue weighted by Gasteiger charge is 2.20. The minimum Gasteiger partial charge on any atom is -0.348 e. The van der Waals surface area contributed by atoms with Gasteiger partial charge in [-0.1, -0.05) is 0 Å². The Morgan fingerprint density at radius 3 is 2.69 bits per heavy atom. The largest absolute Gasteiger partial charge is 0.348 e. The fraction of sp³-hybridized carbons (Fsp3) is 0.368. The van der Waals surface area contributed by atoms with Gasteiger partial charge in [0, 0.05) is 65.2 Å². The summed E-state index contributed by atoms with van der Waals surface area (Å²) in [5.41, 5.74) is 5.54. The second-order valence-corrected chi connectivity index (χ2v) is 6.90. The van der Waals surface area contributed by atoms with Crippen LogP contribution in [0.3, 0.4) is 0 Å². The molecule has 7 nitrogen and oxygen atoms in total. The standard InChI is InChI=1S/C19H23N7/c1-24(2)19-21-11-16(25(19)3)13-26-9-6-17-15(12-26)10-18(23-22-17)14-4-7-20-8-5-14/h4-5,7-8,10-11H,6,9,12-13H2,1-3H3. The van der Waals surface area contributed by atoms with E-state index in [9.17, 15) is 0 Å². The van der Waals surface area contributed by atoms with Gasteiger partial charge in [-0.05, 0) is 23.8 Å². The fourth-order valence-corrected chi connectivity index (χ4v) is 3.41. The molecule has 0 saturated carbocycles. The van der Waals surface area contributed by atoms with Crippen LogP contribution in [0.25, 0.3) is 11.3 Å². The number of hydrogen-bond acceptors (Lipinski definition) is 6. The van der Waals surface area contributed by atoms with Crippen LogP contribution in [0.5, 0.6) is 0 Å². The van der Waals surface area contributed by atoms with Gasteiger partial charge in [0.2, 0.25) is 5.95 Å². The first kappa shape index (κ1) is 16.7. The maximum Gasteiger partial charge on any atom is 0.204 e. The Morgan fingerprint density at radius 1 is 1.15 bits per heavy atom. The zero-order valence-corrected chi connectivity index (χ0v) is 15.4. The highest BCUT2D eigenvalue weighted by atomic mass is 15.3. The molecule has 1 aliphatic heterocycles. The summed E-state index contributed by atoms with van der Waals surface area (Å²) in [4.78, 5) is 13.1. The molecule has 4 rings (SSSR count). The topological polar surface area (TPSA) is 63.0 Å². The van der Waals surface area contributed by atoms with E-state index in [1.165, 1.54) is 11.3 Å². The summed E-state index contributed by atoms with van der Waals surface area (Å²) in [6.07, 6.45) is 6.47. The molecule has 0 amide bonds. The second-order valence-electron chi connectivity index (χ2n) is 6.90. The number of hydrogen-bond donors (Lipinski definition) is 0. The minimum absolute atomic E-state index is 0.879. The number of nitrogens with zero attached hydrogens (tertiary/aromatic N) is 7. The molecule has 0 unspecified atom stereocenters. The first-order valence-electron chi connectivity index (χ1n) is 8.78. The lowest BCUT2D eigenvalue weighted by molar-refractivity contribution is 0.237. The Hall–Kier alpha value is -2.80. The zero-order valence-electron chi connectivity index (χ0n) is 15.4. The molecule has 0 saturated heterocycles. The van der Waals surface area contributed by atoms with Crippen molar-refractivity contribution < 1.29 is 0 Å². The molecule has 0 spiro atoms. The average Bonchev–Trinajstić information content (AvgIpc) is 3.02. The van der Waals surface area contributed by atoms with E-state index in [0.29, 0.717) is 0 Å². The molecule has 1 aliphatic rings. The molecular weight excluding hydrogens is 326 g/mol. The lowest BCUT2D eigenvalue weighted by Crippen LogP contribution is -2.31. The van der Waals surface area contributed by atoms with Gasteiger partial charge >= 0.3 is 0 Å². The monoisotopic (exact) mass is 349 g/mol. The molecular formula is C19H23N7. The third-order valence-electron chi connectivity index (χ3n) is 4.84. The van der Waals surface area contributed by atoms with Crippen LogP contribution in [-0.4, -0.2) is 50.3 Å². The number of anilines is 1. The number of imidazole rings is 1. The van der Waals surface area contributed by atoms with Crippen molar-refractivity contribution in [2.75, 3.05) is 25.5 Å². The fourth-order valence-electron chi connectivity index (χ4n) is 3.41. The number of pyridine rings is 1. The summed E-state index contributed by atoms with van der Waals surface area (Å²) in [6, 6.07) is 6.10. The van der Waals surface area contributed by atoms with Crippen molar-refractivity contribution >= 4 is 5.95 Å².